The Hall–Kier alpha value is -1.96. The third-order valence-corrected chi connectivity index (χ3v) is 2.05. The second-order valence-electron chi connectivity index (χ2n) is 3.21. The Kier molecular flexibility index (Phi) is 3.23. The van der Waals surface area contributed by atoms with E-state index in [1.807, 2.05) is 18.2 Å². The lowest BCUT2D eigenvalue weighted by molar-refractivity contribution is 1.06. The van der Waals surface area contributed by atoms with Crippen molar-refractivity contribution >= 4 is 6.08 Å². The Morgan fingerprint density at radius 2 is 1.93 bits per heavy atom. The molecule has 0 aliphatic heterocycles. The standard InChI is InChI=1S/C13H12N2/c1-2-5-12(6-3-1)7-4-8-13-11-14-9-10-15-13/h1-7,9-11H,8H2. The molecule has 15 heavy (non-hydrogen) atoms. The van der Waals surface area contributed by atoms with Crippen LogP contribution in [0.25, 0.3) is 6.08 Å². The average molecular weight is 196 g/mol. The van der Waals surface area contributed by atoms with Crippen LogP contribution in [0.1, 0.15) is 11.3 Å². The van der Waals surface area contributed by atoms with Crippen molar-refractivity contribution in [3.63, 3.8) is 0 Å². The largest absolute Gasteiger partial charge is 0.261 e. The van der Waals surface area contributed by atoms with Crippen LogP contribution < -0.4 is 0 Å². The van der Waals surface area contributed by atoms with E-state index in [-0.39, 0.29) is 0 Å². The van der Waals surface area contributed by atoms with Crippen molar-refractivity contribution in [3.8, 4) is 0 Å². The summed E-state index contributed by atoms with van der Waals surface area (Å²) in [5, 5.41) is 0. The molecule has 0 fully saturated rings. The van der Waals surface area contributed by atoms with Gasteiger partial charge in [-0.15, -0.1) is 0 Å². The predicted octanol–water partition coefficient (Wildman–Crippen LogP) is 2.73. The fraction of sp³-hybridized carbons (Fsp3) is 0.0769. The van der Waals surface area contributed by atoms with Gasteiger partial charge in [0.25, 0.3) is 0 Å². The molecule has 0 bridgehead atoms. The first-order valence-electron chi connectivity index (χ1n) is 4.91. The molecule has 0 aliphatic rings. The third-order valence-electron chi connectivity index (χ3n) is 2.05. The molecule has 0 saturated heterocycles. The molecule has 2 heteroatoms. The minimum atomic E-state index is 0.822. The number of hydrogen-bond acceptors (Lipinski definition) is 2. The van der Waals surface area contributed by atoms with Gasteiger partial charge in [0.2, 0.25) is 0 Å². The van der Waals surface area contributed by atoms with E-state index < -0.39 is 0 Å². The molecule has 2 rings (SSSR count). The summed E-state index contributed by atoms with van der Waals surface area (Å²) in [6.45, 7) is 0. The second-order valence-corrected chi connectivity index (χ2v) is 3.21. The van der Waals surface area contributed by atoms with Gasteiger partial charge in [0.05, 0.1) is 5.69 Å². The van der Waals surface area contributed by atoms with Crippen molar-refractivity contribution in [1.29, 1.82) is 0 Å². The van der Waals surface area contributed by atoms with Gasteiger partial charge in [-0.2, -0.15) is 0 Å². The summed E-state index contributed by atoms with van der Waals surface area (Å²) >= 11 is 0. The normalized spacial score (nSPS) is 10.7. The summed E-state index contributed by atoms with van der Waals surface area (Å²) in [5.74, 6) is 0. The molecule has 1 aromatic heterocycles. The molecule has 74 valence electrons. The van der Waals surface area contributed by atoms with Gasteiger partial charge in [-0.25, -0.2) is 0 Å². The fourth-order valence-electron chi connectivity index (χ4n) is 1.32. The Morgan fingerprint density at radius 1 is 1.07 bits per heavy atom. The zero-order chi connectivity index (χ0) is 10.3. The molecule has 0 unspecified atom stereocenters. The van der Waals surface area contributed by atoms with E-state index in [1.165, 1.54) is 5.56 Å². The van der Waals surface area contributed by atoms with Crippen molar-refractivity contribution < 1.29 is 0 Å². The molecule has 1 aromatic carbocycles. The van der Waals surface area contributed by atoms with Crippen LogP contribution in [0.5, 0.6) is 0 Å². The Bertz CT molecular complexity index is 421. The molecule has 0 amide bonds. The molecule has 2 aromatic rings. The maximum atomic E-state index is 4.20. The van der Waals surface area contributed by atoms with Crippen LogP contribution in [0, 0.1) is 0 Å². The zero-order valence-corrected chi connectivity index (χ0v) is 8.38. The molecular weight excluding hydrogens is 184 g/mol. The Balaban J connectivity index is 1.97. The summed E-state index contributed by atoms with van der Waals surface area (Å²) in [7, 11) is 0. The molecule has 0 saturated carbocycles. The minimum Gasteiger partial charge on any atom is -0.261 e. The lowest BCUT2D eigenvalue weighted by Gasteiger charge is -1.93. The van der Waals surface area contributed by atoms with Gasteiger partial charge >= 0.3 is 0 Å². The van der Waals surface area contributed by atoms with Crippen LogP contribution in [-0.4, -0.2) is 9.97 Å². The maximum Gasteiger partial charge on any atom is 0.0624 e. The number of benzene rings is 1. The van der Waals surface area contributed by atoms with Crippen molar-refractivity contribution in [1.82, 2.24) is 9.97 Å². The monoisotopic (exact) mass is 196 g/mol. The van der Waals surface area contributed by atoms with Gasteiger partial charge in [-0.1, -0.05) is 42.5 Å². The first kappa shape index (κ1) is 9.59. The molecule has 0 radical (unpaired) electrons. The van der Waals surface area contributed by atoms with Crippen molar-refractivity contribution in [2.45, 2.75) is 6.42 Å². The van der Waals surface area contributed by atoms with Gasteiger partial charge < -0.3 is 0 Å². The highest BCUT2D eigenvalue weighted by atomic mass is 14.8. The molecule has 0 spiro atoms. The van der Waals surface area contributed by atoms with E-state index >= 15 is 0 Å². The number of aromatic nitrogens is 2. The molecule has 2 nitrogen and oxygen atoms in total. The quantitative estimate of drug-likeness (QED) is 0.754. The van der Waals surface area contributed by atoms with Crippen LogP contribution in [0.2, 0.25) is 0 Å². The maximum absolute atomic E-state index is 4.20. The van der Waals surface area contributed by atoms with Gasteiger partial charge in [0.1, 0.15) is 0 Å². The predicted molar refractivity (Wildman–Crippen MR) is 61.2 cm³/mol. The molecule has 0 atom stereocenters. The van der Waals surface area contributed by atoms with Crippen LogP contribution >= 0.6 is 0 Å². The first-order valence-corrected chi connectivity index (χ1v) is 4.91. The molecule has 0 N–H and O–H groups in total. The average Bonchev–Trinajstić information content (AvgIpc) is 2.32. The number of rotatable bonds is 3. The van der Waals surface area contributed by atoms with Crippen LogP contribution in [0.15, 0.2) is 55.0 Å². The summed E-state index contributed by atoms with van der Waals surface area (Å²) in [4.78, 5) is 8.21. The summed E-state index contributed by atoms with van der Waals surface area (Å²) in [6.07, 6.45) is 10.2. The lowest BCUT2D eigenvalue weighted by atomic mass is 10.2. The second kappa shape index (κ2) is 5.05. The lowest BCUT2D eigenvalue weighted by Crippen LogP contribution is -1.86. The number of hydrogen-bond donors (Lipinski definition) is 0. The molecular formula is C13H12N2. The number of nitrogens with zero attached hydrogens (tertiary/aromatic N) is 2. The highest BCUT2D eigenvalue weighted by molar-refractivity contribution is 5.48. The Morgan fingerprint density at radius 3 is 2.67 bits per heavy atom. The van der Waals surface area contributed by atoms with E-state index in [2.05, 4.69) is 34.3 Å². The highest BCUT2D eigenvalue weighted by Crippen LogP contribution is 2.02. The van der Waals surface area contributed by atoms with Crippen molar-refractivity contribution in [2.24, 2.45) is 0 Å². The van der Waals surface area contributed by atoms with Gasteiger partial charge in [0.15, 0.2) is 0 Å². The van der Waals surface area contributed by atoms with E-state index in [1.54, 1.807) is 18.6 Å². The highest BCUT2D eigenvalue weighted by Gasteiger charge is 1.88. The molecule has 0 aliphatic carbocycles. The van der Waals surface area contributed by atoms with Gasteiger partial charge in [0, 0.05) is 25.0 Å². The van der Waals surface area contributed by atoms with Gasteiger partial charge in [-0.05, 0) is 5.56 Å². The zero-order valence-electron chi connectivity index (χ0n) is 8.38. The molecule has 1 heterocycles. The van der Waals surface area contributed by atoms with Crippen molar-refractivity contribution in [3.05, 3.63) is 66.3 Å². The van der Waals surface area contributed by atoms with Crippen LogP contribution in [0.3, 0.4) is 0 Å². The van der Waals surface area contributed by atoms with E-state index in [0.717, 1.165) is 12.1 Å². The van der Waals surface area contributed by atoms with Crippen molar-refractivity contribution in [2.75, 3.05) is 0 Å². The summed E-state index contributed by atoms with van der Waals surface area (Å²) in [5.41, 5.74) is 2.20. The van der Waals surface area contributed by atoms with Gasteiger partial charge in [-0.3, -0.25) is 9.97 Å². The topological polar surface area (TPSA) is 25.8 Å². The first-order chi connectivity index (χ1) is 7.45. The SMILES string of the molecule is C(=Cc1ccccc1)Cc1cnccn1. The fourth-order valence-corrected chi connectivity index (χ4v) is 1.32. The van der Waals surface area contributed by atoms with E-state index in [4.69, 9.17) is 0 Å². The number of allylic oxidation sites excluding steroid dienone is 1. The van der Waals surface area contributed by atoms with E-state index in [9.17, 15) is 0 Å². The summed E-state index contributed by atoms with van der Waals surface area (Å²) < 4.78 is 0. The van der Waals surface area contributed by atoms with E-state index in [0.29, 0.717) is 0 Å². The Labute approximate surface area is 89.3 Å². The summed E-state index contributed by atoms with van der Waals surface area (Å²) in [6, 6.07) is 10.2. The minimum absolute atomic E-state index is 0.822. The third kappa shape index (κ3) is 3.02. The smallest absolute Gasteiger partial charge is 0.0624 e. The van der Waals surface area contributed by atoms with Crippen LogP contribution in [-0.2, 0) is 6.42 Å². The van der Waals surface area contributed by atoms with Crippen LogP contribution in [0.4, 0.5) is 0 Å².